The zero-order chi connectivity index (χ0) is 29.4. The molecule has 0 spiro atoms. The summed E-state index contributed by atoms with van der Waals surface area (Å²) in [7, 11) is 1.59. The first-order valence-electron chi connectivity index (χ1n) is 14.7. The van der Waals surface area contributed by atoms with Gasteiger partial charge in [-0.05, 0) is 51.1 Å². The Hall–Kier alpha value is -2.74. The maximum Gasteiger partial charge on any atom is 0.319 e. The standard InChI is InChI=1S/C17H26.C7H12O.C5H10N2O5.C2H6/c1-4-10-16(11-5-1)14-8-3-9-15-17-12-6-2-7-13-17;1-2-3-4-5-6-7-8;1-6-4-5(8)11-2-3-12-7(9)10;1-2/h1,4-5,10-11,17H,2-3,6-9,12-15H2;2-3,7H,4-6H2,1H3;6H,2-4H2,1H3;1-2H3/b;3-2-;;. The van der Waals surface area contributed by atoms with E-state index >= 15 is 0 Å². The highest BCUT2D eigenvalue weighted by molar-refractivity contribution is 5.71. The third kappa shape index (κ3) is 29.7. The SMILES string of the molecule is C/C=C\CCCC=O.CC.CNCC(=O)OCCO[N+](=O)[O-].c1ccc(CCCCCC2CCCCC2)cc1. The first-order valence-corrected chi connectivity index (χ1v) is 14.7. The van der Waals surface area contributed by atoms with E-state index in [0.29, 0.717) is 6.42 Å². The van der Waals surface area contributed by atoms with E-state index in [1.54, 1.807) is 7.05 Å². The van der Waals surface area contributed by atoms with Crippen LogP contribution in [0.2, 0.25) is 0 Å². The second kappa shape index (κ2) is 31.5. The number of likely N-dealkylation sites (N-methyl/N-ethyl adjacent to an activating group) is 1. The molecule has 0 bridgehead atoms. The number of nitrogens with one attached hydrogen (secondary N) is 1. The first kappa shape index (κ1) is 38.4. The maximum atomic E-state index is 10.6. The van der Waals surface area contributed by atoms with Crippen molar-refractivity contribution >= 4 is 12.3 Å². The van der Waals surface area contributed by atoms with Gasteiger partial charge >= 0.3 is 5.97 Å². The summed E-state index contributed by atoms with van der Waals surface area (Å²) in [5.74, 6) is 0.602. The normalized spacial score (nSPS) is 12.5. The highest BCUT2D eigenvalue weighted by Crippen LogP contribution is 2.28. The van der Waals surface area contributed by atoms with Crippen LogP contribution in [-0.4, -0.2) is 44.1 Å². The van der Waals surface area contributed by atoms with Gasteiger partial charge in [-0.3, -0.25) is 4.79 Å². The van der Waals surface area contributed by atoms with Crippen LogP contribution in [0, 0.1) is 16.0 Å². The predicted octanol–water partition coefficient (Wildman–Crippen LogP) is 7.29. The Labute approximate surface area is 237 Å². The van der Waals surface area contributed by atoms with Gasteiger partial charge in [0.15, 0.2) is 0 Å². The Balaban J connectivity index is 0. The number of benzene rings is 1. The summed E-state index contributed by atoms with van der Waals surface area (Å²) in [4.78, 5) is 33.8. The number of aldehydes is 1. The van der Waals surface area contributed by atoms with Crippen molar-refractivity contribution in [2.75, 3.05) is 26.8 Å². The molecule has 0 amide bonds. The highest BCUT2D eigenvalue weighted by atomic mass is 17.0. The number of carbonyl (C=O) groups is 2. The van der Waals surface area contributed by atoms with Gasteiger partial charge in [0.25, 0.3) is 5.09 Å². The Kier molecular flexibility index (Phi) is 31.0. The largest absolute Gasteiger partial charge is 0.463 e. The molecule has 8 nitrogen and oxygen atoms in total. The average Bonchev–Trinajstić information content (AvgIpc) is 2.96. The van der Waals surface area contributed by atoms with Crippen LogP contribution in [0.3, 0.4) is 0 Å². The number of nitrogens with zero attached hydrogens (tertiary/aromatic N) is 1. The molecular formula is C31H54N2O6. The first-order chi connectivity index (χ1) is 19.0. The van der Waals surface area contributed by atoms with E-state index in [0.717, 1.165) is 25.0 Å². The van der Waals surface area contributed by atoms with Crippen LogP contribution in [0.4, 0.5) is 0 Å². The summed E-state index contributed by atoms with van der Waals surface area (Å²) in [5.41, 5.74) is 1.50. The molecule has 224 valence electrons. The molecule has 1 saturated carbocycles. The van der Waals surface area contributed by atoms with Crippen molar-refractivity contribution in [3.05, 3.63) is 58.2 Å². The molecule has 8 heteroatoms. The summed E-state index contributed by atoms with van der Waals surface area (Å²) in [6.45, 7) is 5.73. The third-order valence-corrected chi connectivity index (χ3v) is 5.94. The van der Waals surface area contributed by atoms with Gasteiger partial charge in [0.05, 0.1) is 6.54 Å². The quantitative estimate of drug-likeness (QED) is 0.0575. The molecule has 0 heterocycles. The molecule has 2 rings (SSSR count). The fourth-order valence-electron chi connectivity index (χ4n) is 4.01. The van der Waals surface area contributed by atoms with Crippen LogP contribution in [-0.2, 0) is 25.6 Å². The minimum absolute atomic E-state index is 0.0818. The molecule has 0 radical (unpaired) electrons. The molecule has 0 unspecified atom stereocenters. The predicted molar refractivity (Wildman–Crippen MR) is 159 cm³/mol. The van der Waals surface area contributed by atoms with Crippen molar-refractivity contribution in [3.63, 3.8) is 0 Å². The van der Waals surface area contributed by atoms with E-state index in [2.05, 4.69) is 51.3 Å². The van der Waals surface area contributed by atoms with Gasteiger partial charge < -0.3 is 19.7 Å². The number of ether oxygens (including phenoxy) is 1. The second-order valence-electron chi connectivity index (χ2n) is 9.06. The van der Waals surface area contributed by atoms with Gasteiger partial charge in [-0.2, -0.15) is 0 Å². The van der Waals surface area contributed by atoms with E-state index in [1.807, 2.05) is 26.8 Å². The number of unbranched alkanes of at least 4 members (excludes halogenated alkanes) is 4. The zero-order valence-electron chi connectivity index (χ0n) is 24.9. The van der Waals surface area contributed by atoms with Crippen molar-refractivity contribution in [2.45, 2.75) is 104 Å². The summed E-state index contributed by atoms with van der Waals surface area (Å²) < 4.78 is 4.50. The Morgan fingerprint density at radius 3 is 2.31 bits per heavy atom. The summed E-state index contributed by atoms with van der Waals surface area (Å²) in [6, 6.07) is 10.9. The van der Waals surface area contributed by atoms with Crippen molar-refractivity contribution < 1.29 is 24.3 Å². The van der Waals surface area contributed by atoms with Crippen LogP contribution in [0.5, 0.6) is 0 Å². The van der Waals surface area contributed by atoms with E-state index in [9.17, 15) is 19.7 Å². The lowest BCUT2D eigenvalue weighted by molar-refractivity contribution is -0.757. The van der Waals surface area contributed by atoms with Crippen LogP contribution in [0.15, 0.2) is 42.5 Å². The molecule has 0 aromatic heterocycles. The molecule has 0 atom stereocenters. The van der Waals surface area contributed by atoms with Crippen LogP contribution < -0.4 is 5.32 Å². The van der Waals surface area contributed by atoms with Gasteiger partial charge in [-0.25, -0.2) is 0 Å². The lowest BCUT2D eigenvalue weighted by atomic mass is 9.85. The molecule has 1 fully saturated rings. The fourth-order valence-corrected chi connectivity index (χ4v) is 4.01. The minimum Gasteiger partial charge on any atom is -0.463 e. The molecule has 0 saturated heterocycles. The summed E-state index contributed by atoms with van der Waals surface area (Å²) in [6.07, 6.45) is 22.3. The van der Waals surface area contributed by atoms with Crippen LogP contribution in [0.25, 0.3) is 0 Å². The van der Waals surface area contributed by atoms with E-state index < -0.39 is 11.1 Å². The molecule has 1 N–H and O–H groups in total. The summed E-state index contributed by atoms with van der Waals surface area (Å²) in [5, 5.41) is 11.2. The topological polar surface area (TPSA) is 108 Å². The molecule has 1 aromatic carbocycles. The van der Waals surface area contributed by atoms with Crippen molar-refractivity contribution in [1.29, 1.82) is 0 Å². The lowest BCUT2D eigenvalue weighted by Crippen LogP contribution is -2.22. The number of esters is 1. The van der Waals surface area contributed by atoms with E-state index in [-0.39, 0.29) is 19.8 Å². The summed E-state index contributed by atoms with van der Waals surface area (Å²) >= 11 is 0. The van der Waals surface area contributed by atoms with Gasteiger partial charge in [0, 0.05) is 6.42 Å². The van der Waals surface area contributed by atoms with E-state index in [4.69, 9.17) is 0 Å². The third-order valence-electron chi connectivity index (χ3n) is 5.94. The monoisotopic (exact) mass is 550 g/mol. The molecule has 0 aliphatic heterocycles. The Morgan fingerprint density at radius 2 is 1.72 bits per heavy atom. The number of hydrogen-bond acceptors (Lipinski definition) is 7. The number of hydrogen-bond donors (Lipinski definition) is 1. The number of allylic oxidation sites excluding steroid dienone is 2. The lowest BCUT2D eigenvalue weighted by Gasteiger charge is -2.21. The average molecular weight is 551 g/mol. The van der Waals surface area contributed by atoms with Gasteiger partial charge in [-0.15, -0.1) is 10.1 Å². The van der Waals surface area contributed by atoms with Crippen LogP contribution in [0.1, 0.15) is 103 Å². The van der Waals surface area contributed by atoms with Gasteiger partial charge in [0.1, 0.15) is 19.5 Å². The van der Waals surface area contributed by atoms with E-state index in [1.165, 1.54) is 69.8 Å². The van der Waals surface area contributed by atoms with Gasteiger partial charge in [0.2, 0.25) is 0 Å². The van der Waals surface area contributed by atoms with Crippen LogP contribution >= 0.6 is 0 Å². The van der Waals surface area contributed by atoms with Crippen molar-refractivity contribution in [1.82, 2.24) is 5.32 Å². The molecule has 1 aliphatic carbocycles. The van der Waals surface area contributed by atoms with Gasteiger partial charge in [-0.1, -0.05) is 108 Å². The Bertz CT molecular complexity index is 706. The smallest absolute Gasteiger partial charge is 0.319 e. The number of rotatable bonds is 16. The number of carbonyl (C=O) groups excluding carboxylic acids is 2. The molecular weight excluding hydrogens is 496 g/mol. The van der Waals surface area contributed by atoms with Crippen molar-refractivity contribution in [2.24, 2.45) is 5.92 Å². The molecule has 1 aliphatic rings. The zero-order valence-corrected chi connectivity index (χ0v) is 24.9. The van der Waals surface area contributed by atoms with Crippen molar-refractivity contribution in [3.8, 4) is 0 Å². The molecule has 1 aromatic rings. The fraction of sp³-hybridized carbons (Fsp3) is 0.677. The maximum absolute atomic E-state index is 10.6. The minimum atomic E-state index is -0.939. The Morgan fingerprint density at radius 1 is 1.03 bits per heavy atom. The second-order valence-corrected chi connectivity index (χ2v) is 9.06. The highest BCUT2D eigenvalue weighted by Gasteiger charge is 2.12. The molecule has 39 heavy (non-hydrogen) atoms. The number of aryl methyl sites for hydroxylation is 1.